The summed E-state index contributed by atoms with van der Waals surface area (Å²) in [6.45, 7) is 1.49. The highest BCUT2D eigenvalue weighted by Gasteiger charge is 2.26. The van der Waals surface area contributed by atoms with Crippen molar-refractivity contribution >= 4 is 40.7 Å². The van der Waals surface area contributed by atoms with Gasteiger partial charge < -0.3 is 15.0 Å². The largest absolute Gasteiger partial charge is 0.497 e. The number of nitro benzene ring substituents is 1. The number of nitrogens with zero attached hydrogens (tertiary/aromatic N) is 5. The molecule has 2 heterocycles. The first kappa shape index (κ1) is 19.7. The lowest BCUT2D eigenvalue weighted by Crippen LogP contribution is -2.14. The minimum absolute atomic E-state index is 0.0252. The third kappa shape index (κ3) is 4.06. The van der Waals surface area contributed by atoms with Crippen LogP contribution in [0, 0.1) is 10.1 Å². The van der Waals surface area contributed by atoms with Crippen LogP contribution in [0.3, 0.4) is 0 Å². The van der Waals surface area contributed by atoms with Gasteiger partial charge in [-0.2, -0.15) is 0 Å². The second kappa shape index (κ2) is 8.41. The maximum Gasteiger partial charge on any atom is 0.269 e. The summed E-state index contributed by atoms with van der Waals surface area (Å²) in [6, 6.07) is 13.4. The normalized spacial score (nSPS) is 12.5. The first-order valence-corrected chi connectivity index (χ1v) is 10.1. The standard InChI is InChI=1S/C19H18N6O4S/c1-29-16-8-6-14(7-9-16)23-10-11-24-18(23)21-22-19(24)30-12-17(26)20-13-2-4-15(5-3-13)25(27)28/h2-9H,10-12H2,1H3,(H,20,26). The molecule has 0 saturated heterocycles. The molecule has 30 heavy (non-hydrogen) atoms. The number of benzene rings is 2. The fourth-order valence-corrected chi connectivity index (χ4v) is 3.84. The SMILES string of the molecule is COc1ccc(N2CCn3c(SCC(=O)Nc4ccc([N+](=O)[O-])cc4)nnc32)cc1. The molecule has 0 radical (unpaired) electrons. The van der Waals surface area contributed by atoms with E-state index >= 15 is 0 Å². The molecule has 1 aliphatic heterocycles. The van der Waals surface area contributed by atoms with Crippen LogP contribution in [0.5, 0.6) is 5.75 Å². The van der Waals surface area contributed by atoms with Crippen molar-refractivity contribution in [2.24, 2.45) is 0 Å². The molecule has 0 fully saturated rings. The maximum atomic E-state index is 12.2. The summed E-state index contributed by atoms with van der Waals surface area (Å²) in [4.78, 5) is 24.5. The molecule has 0 spiro atoms. The first-order chi connectivity index (χ1) is 14.5. The van der Waals surface area contributed by atoms with Gasteiger partial charge in [-0.1, -0.05) is 11.8 Å². The molecular formula is C19H18N6O4S. The van der Waals surface area contributed by atoms with E-state index in [0.717, 1.165) is 30.5 Å². The summed E-state index contributed by atoms with van der Waals surface area (Å²) in [5.41, 5.74) is 1.47. The van der Waals surface area contributed by atoms with Crippen LogP contribution in [-0.2, 0) is 11.3 Å². The maximum absolute atomic E-state index is 12.2. The molecule has 0 bridgehead atoms. The molecule has 1 aromatic heterocycles. The van der Waals surface area contributed by atoms with E-state index in [2.05, 4.69) is 20.4 Å². The summed E-state index contributed by atoms with van der Waals surface area (Å²) >= 11 is 1.29. The summed E-state index contributed by atoms with van der Waals surface area (Å²) in [6.07, 6.45) is 0. The Morgan fingerprint density at radius 2 is 1.90 bits per heavy atom. The van der Waals surface area contributed by atoms with Gasteiger partial charge in [0, 0.05) is 36.6 Å². The molecule has 11 heteroatoms. The molecule has 0 aliphatic carbocycles. The Kier molecular flexibility index (Phi) is 5.53. The average Bonchev–Trinajstić information content (AvgIpc) is 3.35. The lowest BCUT2D eigenvalue weighted by Gasteiger charge is -2.15. The van der Waals surface area contributed by atoms with Crippen LogP contribution in [0.1, 0.15) is 0 Å². The van der Waals surface area contributed by atoms with Gasteiger partial charge in [-0.3, -0.25) is 19.5 Å². The zero-order valence-corrected chi connectivity index (χ0v) is 16.8. The summed E-state index contributed by atoms with van der Waals surface area (Å²) in [5.74, 6) is 1.45. The van der Waals surface area contributed by atoms with Crippen molar-refractivity contribution in [1.82, 2.24) is 14.8 Å². The molecule has 2 aromatic carbocycles. The van der Waals surface area contributed by atoms with Gasteiger partial charge >= 0.3 is 0 Å². The molecule has 0 atom stereocenters. The number of rotatable bonds is 7. The number of amides is 1. The van der Waals surface area contributed by atoms with Gasteiger partial charge in [-0.05, 0) is 36.4 Å². The van der Waals surface area contributed by atoms with E-state index in [1.54, 1.807) is 7.11 Å². The highest BCUT2D eigenvalue weighted by Crippen LogP contribution is 2.32. The Bertz CT molecular complexity index is 1070. The number of carbonyl (C=O) groups is 1. The van der Waals surface area contributed by atoms with Crippen molar-refractivity contribution in [1.29, 1.82) is 0 Å². The molecule has 1 amide bonds. The third-order valence-corrected chi connectivity index (χ3v) is 5.53. The van der Waals surface area contributed by atoms with E-state index in [4.69, 9.17) is 4.74 Å². The number of methoxy groups -OCH3 is 1. The van der Waals surface area contributed by atoms with Crippen LogP contribution in [0.2, 0.25) is 0 Å². The summed E-state index contributed by atoms with van der Waals surface area (Å²) in [5, 5.41) is 22.6. The molecule has 10 nitrogen and oxygen atoms in total. The molecule has 1 aliphatic rings. The Morgan fingerprint density at radius 3 is 2.57 bits per heavy atom. The first-order valence-electron chi connectivity index (χ1n) is 9.07. The Morgan fingerprint density at radius 1 is 1.17 bits per heavy atom. The molecule has 154 valence electrons. The molecule has 4 rings (SSSR count). The van der Waals surface area contributed by atoms with Crippen LogP contribution < -0.4 is 15.0 Å². The molecule has 0 saturated carbocycles. The molecular weight excluding hydrogens is 408 g/mol. The van der Waals surface area contributed by atoms with Crippen molar-refractivity contribution < 1.29 is 14.5 Å². The number of anilines is 3. The van der Waals surface area contributed by atoms with Crippen LogP contribution >= 0.6 is 11.8 Å². The monoisotopic (exact) mass is 426 g/mol. The molecule has 1 N–H and O–H groups in total. The fraction of sp³-hybridized carbons (Fsp3) is 0.211. The van der Waals surface area contributed by atoms with E-state index in [-0.39, 0.29) is 17.3 Å². The fourth-order valence-electron chi connectivity index (χ4n) is 3.08. The zero-order chi connectivity index (χ0) is 21.1. The lowest BCUT2D eigenvalue weighted by atomic mass is 10.3. The topological polar surface area (TPSA) is 115 Å². The van der Waals surface area contributed by atoms with Gasteiger partial charge in [-0.25, -0.2) is 0 Å². The van der Waals surface area contributed by atoms with Crippen LogP contribution in [0.4, 0.5) is 23.0 Å². The van der Waals surface area contributed by atoms with Gasteiger partial charge in [0.05, 0.1) is 17.8 Å². The highest BCUT2D eigenvalue weighted by atomic mass is 32.2. The Labute approximate surface area is 176 Å². The Hall–Kier alpha value is -3.60. The van der Waals surface area contributed by atoms with Gasteiger partial charge in [0.2, 0.25) is 11.9 Å². The van der Waals surface area contributed by atoms with Crippen LogP contribution in [0.25, 0.3) is 0 Å². The number of carbonyl (C=O) groups excluding carboxylic acids is 1. The van der Waals surface area contributed by atoms with Crippen molar-refractivity contribution in [2.75, 3.05) is 29.6 Å². The predicted molar refractivity (Wildman–Crippen MR) is 112 cm³/mol. The van der Waals surface area contributed by atoms with E-state index < -0.39 is 4.92 Å². The van der Waals surface area contributed by atoms with E-state index in [9.17, 15) is 14.9 Å². The van der Waals surface area contributed by atoms with E-state index in [0.29, 0.717) is 10.8 Å². The summed E-state index contributed by atoms with van der Waals surface area (Å²) < 4.78 is 7.18. The van der Waals surface area contributed by atoms with Gasteiger partial charge in [-0.15, -0.1) is 10.2 Å². The van der Waals surface area contributed by atoms with E-state index in [1.165, 1.54) is 36.0 Å². The minimum atomic E-state index is -0.484. The number of nitro groups is 1. The quantitative estimate of drug-likeness (QED) is 0.348. The van der Waals surface area contributed by atoms with Crippen LogP contribution in [-0.4, -0.2) is 45.0 Å². The predicted octanol–water partition coefficient (Wildman–Crippen LogP) is 3.08. The third-order valence-electron chi connectivity index (χ3n) is 4.56. The molecule has 3 aromatic rings. The Balaban J connectivity index is 1.37. The number of nitrogens with one attached hydrogen (secondary N) is 1. The van der Waals surface area contributed by atoms with Gasteiger partial charge in [0.25, 0.3) is 5.69 Å². The van der Waals surface area contributed by atoms with Gasteiger partial charge in [0.15, 0.2) is 5.16 Å². The van der Waals surface area contributed by atoms with Gasteiger partial charge in [0.1, 0.15) is 5.75 Å². The number of aromatic nitrogens is 3. The average molecular weight is 426 g/mol. The van der Waals surface area contributed by atoms with Crippen LogP contribution in [0.15, 0.2) is 53.7 Å². The number of hydrogen-bond acceptors (Lipinski definition) is 8. The smallest absolute Gasteiger partial charge is 0.269 e. The van der Waals surface area contributed by atoms with Crippen molar-refractivity contribution in [3.63, 3.8) is 0 Å². The number of fused-ring (bicyclic) bond motifs is 1. The van der Waals surface area contributed by atoms with E-state index in [1.807, 2.05) is 28.8 Å². The second-order valence-electron chi connectivity index (χ2n) is 6.42. The number of ether oxygens (including phenoxy) is 1. The minimum Gasteiger partial charge on any atom is -0.497 e. The van der Waals surface area contributed by atoms with Crippen molar-refractivity contribution in [3.8, 4) is 5.75 Å². The van der Waals surface area contributed by atoms with Crippen molar-refractivity contribution in [3.05, 3.63) is 58.6 Å². The zero-order valence-electron chi connectivity index (χ0n) is 16.0. The van der Waals surface area contributed by atoms with Crippen molar-refractivity contribution in [2.45, 2.75) is 11.7 Å². The number of thioether (sulfide) groups is 1. The highest BCUT2D eigenvalue weighted by molar-refractivity contribution is 7.99. The lowest BCUT2D eigenvalue weighted by molar-refractivity contribution is -0.384. The molecule has 0 unspecified atom stereocenters. The second-order valence-corrected chi connectivity index (χ2v) is 7.37. The number of non-ortho nitro benzene ring substituents is 1. The number of hydrogen-bond donors (Lipinski definition) is 1. The summed E-state index contributed by atoms with van der Waals surface area (Å²) in [7, 11) is 1.63.